The van der Waals surface area contributed by atoms with E-state index in [4.69, 9.17) is 5.11 Å². The molecule has 0 amide bonds. The van der Waals surface area contributed by atoms with Crippen molar-refractivity contribution in [3.63, 3.8) is 0 Å². The Morgan fingerprint density at radius 2 is 1.64 bits per heavy atom. The molecular weight excluding hydrogens is 184 g/mol. The molecule has 0 aliphatic carbocycles. The largest absolute Gasteiger partial charge is 0.478 e. The van der Waals surface area contributed by atoms with Crippen molar-refractivity contribution in [2.45, 2.75) is 5.92 Å². The number of carboxylic acids is 1. The van der Waals surface area contributed by atoms with Gasteiger partial charge in [0.15, 0.2) is 0 Å². The molecule has 0 aliphatic heterocycles. The fourth-order valence-corrected chi connectivity index (χ4v) is 1.04. The Morgan fingerprint density at radius 1 is 1.14 bits per heavy atom. The van der Waals surface area contributed by atoms with Crippen LogP contribution in [0.15, 0.2) is 24.3 Å². The molecule has 72 valence electrons. The third-order valence-corrected chi connectivity index (χ3v) is 1.84. The van der Waals surface area contributed by atoms with Gasteiger partial charge in [-0.1, -0.05) is 12.1 Å². The second-order valence-electron chi connectivity index (χ2n) is 2.73. The molecule has 0 aliphatic rings. The summed E-state index contributed by atoms with van der Waals surface area (Å²) >= 11 is 0. The molecular formula is C10H8O4. The van der Waals surface area contributed by atoms with Crippen LogP contribution in [-0.4, -0.2) is 23.6 Å². The highest BCUT2D eigenvalue weighted by Crippen LogP contribution is 2.12. The van der Waals surface area contributed by atoms with E-state index in [9.17, 15) is 14.4 Å². The number of carbonyl (C=O) groups is 3. The van der Waals surface area contributed by atoms with Crippen molar-refractivity contribution in [2.24, 2.45) is 0 Å². The highest BCUT2D eigenvalue weighted by molar-refractivity contribution is 5.89. The summed E-state index contributed by atoms with van der Waals surface area (Å²) in [4.78, 5) is 31.3. The average molecular weight is 192 g/mol. The third kappa shape index (κ3) is 2.04. The van der Waals surface area contributed by atoms with Gasteiger partial charge in [0.25, 0.3) is 0 Å². The van der Waals surface area contributed by atoms with Crippen molar-refractivity contribution < 1.29 is 19.5 Å². The molecule has 0 aromatic heterocycles. The van der Waals surface area contributed by atoms with Gasteiger partial charge in [-0.25, -0.2) is 4.79 Å². The van der Waals surface area contributed by atoms with E-state index >= 15 is 0 Å². The molecule has 0 radical (unpaired) electrons. The van der Waals surface area contributed by atoms with Gasteiger partial charge in [-0.15, -0.1) is 0 Å². The highest BCUT2D eigenvalue weighted by Gasteiger charge is 2.09. The van der Waals surface area contributed by atoms with Crippen LogP contribution in [0.4, 0.5) is 0 Å². The van der Waals surface area contributed by atoms with Crippen LogP contribution in [0.25, 0.3) is 0 Å². The van der Waals surface area contributed by atoms with Crippen LogP contribution in [0.2, 0.25) is 0 Å². The first-order valence-electron chi connectivity index (χ1n) is 3.93. The number of hydrogen-bond donors (Lipinski definition) is 1. The van der Waals surface area contributed by atoms with Crippen LogP contribution < -0.4 is 0 Å². The molecule has 1 aromatic carbocycles. The lowest BCUT2D eigenvalue weighted by atomic mass is 10.0. The Bertz CT molecular complexity index is 345. The number of carbonyl (C=O) groups excluding carboxylic acids is 2. The SMILES string of the molecule is O=CC(C=O)c1ccc(C(=O)O)cc1. The predicted octanol–water partition coefficient (Wildman–Crippen LogP) is 0.866. The van der Waals surface area contributed by atoms with Crippen molar-refractivity contribution in [2.75, 3.05) is 0 Å². The molecule has 0 saturated carbocycles. The molecule has 4 nitrogen and oxygen atoms in total. The van der Waals surface area contributed by atoms with Crippen molar-refractivity contribution in [3.8, 4) is 0 Å². The van der Waals surface area contributed by atoms with Gasteiger partial charge in [-0.2, -0.15) is 0 Å². The second-order valence-corrected chi connectivity index (χ2v) is 2.73. The molecule has 4 heteroatoms. The molecule has 14 heavy (non-hydrogen) atoms. The van der Waals surface area contributed by atoms with Crippen LogP contribution in [0, 0.1) is 0 Å². The van der Waals surface area contributed by atoms with Crippen molar-refractivity contribution in [3.05, 3.63) is 35.4 Å². The van der Waals surface area contributed by atoms with Crippen LogP contribution in [0.1, 0.15) is 21.8 Å². The molecule has 0 spiro atoms. The summed E-state index contributed by atoms with van der Waals surface area (Å²) in [6.45, 7) is 0. The van der Waals surface area contributed by atoms with Gasteiger partial charge in [0, 0.05) is 0 Å². The van der Waals surface area contributed by atoms with E-state index in [-0.39, 0.29) is 5.56 Å². The Morgan fingerprint density at radius 3 is 2.00 bits per heavy atom. The maximum atomic E-state index is 10.5. The Balaban J connectivity index is 2.98. The van der Waals surface area contributed by atoms with Crippen LogP contribution in [0.3, 0.4) is 0 Å². The minimum absolute atomic E-state index is 0.129. The Hall–Kier alpha value is -1.97. The summed E-state index contributed by atoms with van der Waals surface area (Å²) in [6.07, 6.45) is 1.03. The lowest BCUT2D eigenvalue weighted by Crippen LogP contribution is -2.02. The van der Waals surface area contributed by atoms with Crippen LogP contribution in [0.5, 0.6) is 0 Å². The molecule has 1 aromatic rings. The van der Waals surface area contributed by atoms with E-state index in [1.807, 2.05) is 0 Å². The molecule has 1 rings (SSSR count). The van der Waals surface area contributed by atoms with E-state index in [1.54, 1.807) is 0 Å². The highest BCUT2D eigenvalue weighted by atomic mass is 16.4. The van der Waals surface area contributed by atoms with Crippen LogP contribution in [-0.2, 0) is 9.59 Å². The fourth-order valence-electron chi connectivity index (χ4n) is 1.04. The zero-order chi connectivity index (χ0) is 10.6. The smallest absolute Gasteiger partial charge is 0.335 e. The first kappa shape index (κ1) is 10.1. The van der Waals surface area contributed by atoms with Gasteiger partial charge in [-0.05, 0) is 17.7 Å². The Labute approximate surface area is 80.2 Å². The van der Waals surface area contributed by atoms with E-state index in [0.29, 0.717) is 18.1 Å². The molecule has 1 N–H and O–H groups in total. The van der Waals surface area contributed by atoms with E-state index in [2.05, 4.69) is 0 Å². The predicted molar refractivity (Wildman–Crippen MR) is 48.3 cm³/mol. The normalized spacial score (nSPS) is 9.79. The van der Waals surface area contributed by atoms with Crippen molar-refractivity contribution in [1.82, 2.24) is 0 Å². The Kier molecular flexibility index (Phi) is 3.12. The minimum atomic E-state index is -1.04. The topological polar surface area (TPSA) is 71.4 Å². The van der Waals surface area contributed by atoms with Gasteiger partial charge >= 0.3 is 5.97 Å². The number of carboxylic acid groups (broad SMARTS) is 1. The maximum absolute atomic E-state index is 10.5. The monoisotopic (exact) mass is 192 g/mol. The molecule has 0 heterocycles. The maximum Gasteiger partial charge on any atom is 0.335 e. The molecule has 0 fully saturated rings. The van der Waals surface area contributed by atoms with E-state index in [0.717, 1.165) is 0 Å². The van der Waals surface area contributed by atoms with Crippen LogP contribution >= 0.6 is 0 Å². The van der Waals surface area contributed by atoms with Gasteiger partial charge < -0.3 is 14.7 Å². The summed E-state index contributed by atoms with van der Waals surface area (Å²) < 4.78 is 0. The summed E-state index contributed by atoms with van der Waals surface area (Å²) in [5.74, 6) is -1.84. The number of aldehydes is 2. The van der Waals surface area contributed by atoms with E-state index < -0.39 is 11.9 Å². The second kappa shape index (κ2) is 4.32. The van der Waals surface area contributed by atoms with Crippen molar-refractivity contribution >= 4 is 18.5 Å². The third-order valence-electron chi connectivity index (χ3n) is 1.84. The lowest BCUT2D eigenvalue weighted by molar-refractivity contribution is -0.116. The van der Waals surface area contributed by atoms with Gasteiger partial charge in [0.05, 0.1) is 11.5 Å². The van der Waals surface area contributed by atoms with Gasteiger partial charge in [-0.3, -0.25) is 0 Å². The standard InChI is InChI=1S/C10H8O4/c11-5-9(6-12)7-1-3-8(4-2-7)10(13)14/h1-6,9H,(H,13,14). The zero-order valence-corrected chi connectivity index (χ0v) is 7.21. The summed E-state index contributed by atoms with van der Waals surface area (Å²) in [6, 6.07) is 5.63. The average Bonchev–Trinajstić information content (AvgIpc) is 2.20. The fraction of sp³-hybridized carbons (Fsp3) is 0.100. The molecule has 0 unspecified atom stereocenters. The summed E-state index contributed by atoms with van der Waals surface area (Å²) in [5.41, 5.74) is 0.629. The number of aromatic carboxylic acids is 1. The van der Waals surface area contributed by atoms with E-state index in [1.165, 1.54) is 24.3 Å². The zero-order valence-electron chi connectivity index (χ0n) is 7.21. The number of rotatable bonds is 4. The molecule has 0 bridgehead atoms. The summed E-state index contributed by atoms with van der Waals surface area (Å²) in [7, 11) is 0. The summed E-state index contributed by atoms with van der Waals surface area (Å²) in [5, 5.41) is 8.59. The molecule has 0 saturated heterocycles. The lowest BCUT2D eigenvalue weighted by Gasteiger charge is -2.02. The number of benzene rings is 1. The first-order chi connectivity index (χ1) is 6.69. The molecule has 0 atom stereocenters. The van der Waals surface area contributed by atoms with Gasteiger partial charge in [0.1, 0.15) is 12.6 Å². The first-order valence-corrected chi connectivity index (χ1v) is 3.93. The van der Waals surface area contributed by atoms with Gasteiger partial charge in [0.2, 0.25) is 0 Å². The minimum Gasteiger partial charge on any atom is -0.478 e. The number of hydrogen-bond acceptors (Lipinski definition) is 3. The quantitative estimate of drug-likeness (QED) is 0.567. The van der Waals surface area contributed by atoms with Crippen molar-refractivity contribution in [1.29, 1.82) is 0 Å².